The number of rotatable bonds is 7. The molecule has 1 aliphatic carbocycles. The number of nitrogens with one attached hydrogen (secondary N) is 2. The molecule has 5 heteroatoms. The lowest BCUT2D eigenvalue weighted by atomic mass is 9.99. The van der Waals surface area contributed by atoms with Crippen LogP contribution in [0.15, 0.2) is 29.2 Å². The molecule has 0 saturated heterocycles. The van der Waals surface area contributed by atoms with Gasteiger partial charge in [-0.05, 0) is 44.2 Å². The van der Waals surface area contributed by atoms with Crippen molar-refractivity contribution >= 4 is 15.7 Å². The van der Waals surface area contributed by atoms with Gasteiger partial charge in [0, 0.05) is 12.6 Å². The molecule has 1 aromatic carbocycles. The van der Waals surface area contributed by atoms with Crippen molar-refractivity contribution in [3.63, 3.8) is 0 Å². The van der Waals surface area contributed by atoms with Crippen LogP contribution in [-0.2, 0) is 10.0 Å². The zero-order chi connectivity index (χ0) is 15.3. The summed E-state index contributed by atoms with van der Waals surface area (Å²) < 4.78 is 27.4. The highest BCUT2D eigenvalue weighted by Gasteiger charge is 2.24. The van der Waals surface area contributed by atoms with Gasteiger partial charge < -0.3 is 5.32 Å². The zero-order valence-corrected chi connectivity index (χ0v) is 13.7. The zero-order valence-electron chi connectivity index (χ0n) is 12.9. The summed E-state index contributed by atoms with van der Waals surface area (Å²) in [5.74, 6) is 0.643. The lowest BCUT2D eigenvalue weighted by Crippen LogP contribution is -2.28. The van der Waals surface area contributed by atoms with Crippen molar-refractivity contribution in [2.45, 2.75) is 56.9 Å². The van der Waals surface area contributed by atoms with Crippen molar-refractivity contribution in [3.05, 3.63) is 24.3 Å². The largest absolute Gasteiger partial charge is 0.381 e. The van der Waals surface area contributed by atoms with Gasteiger partial charge in [0.15, 0.2) is 0 Å². The SMILES string of the molecule is CCCNS(=O)(=O)c1ccccc1NC(C)C1CCCC1. The summed E-state index contributed by atoms with van der Waals surface area (Å²) in [5, 5.41) is 3.42. The number of anilines is 1. The predicted molar refractivity (Wildman–Crippen MR) is 87.0 cm³/mol. The third-order valence-electron chi connectivity index (χ3n) is 4.21. The van der Waals surface area contributed by atoms with Gasteiger partial charge in [-0.2, -0.15) is 0 Å². The first-order valence-corrected chi connectivity index (χ1v) is 9.38. The topological polar surface area (TPSA) is 58.2 Å². The van der Waals surface area contributed by atoms with Crippen molar-refractivity contribution in [2.75, 3.05) is 11.9 Å². The van der Waals surface area contributed by atoms with Gasteiger partial charge in [0.2, 0.25) is 10.0 Å². The standard InChI is InChI=1S/C16H26N2O2S/c1-3-12-17-21(19,20)16-11-7-6-10-15(16)18-13(2)14-8-4-5-9-14/h6-7,10-11,13-14,17-18H,3-5,8-9,12H2,1-2H3. The molecule has 0 aromatic heterocycles. The van der Waals surface area contributed by atoms with E-state index in [0.717, 1.165) is 6.42 Å². The molecule has 1 aliphatic rings. The smallest absolute Gasteiger partial charge is 0.242 e. The van der Waals surface area contributed by atoms with Crippen LogP contribution in [0.25, 0.3) is 0 Å². The Morgan fingerprint density at radius 1 is 1.24 bits per heavy atom. The van der Waals surface area contributed by atoms with Gasteiger partial charge in [-0.3, -0.25) is 0 Å². The molecule has 118 valence electrons. The second-order valence-corrected chi connectivity index (χ2v) is 7.61. The van der Waals surface area contributed by atoms with Gasteiger partial charge >= 0.3 is 0 Å². The van der Waals surface area contributed by atoms with E-state index in [9.17, 15) is 8.42 Å². The monoisotopic (exact) mass is 310 g/mol. The van der Waals surface area contributed by atoms with Crippen molar-refractivity contribution in [1.29, 1.82) is 0 Å². The van der Waals surface area contributed by atoms with Crippen LogP contribution in [0.4, 0.5) is 5.69 Å². The molecular formula is C16H26N2O2S. The second-order valence-electron chi connectivity index (χ2n) is 5.87. The lowest BCUT2D eigenvalue weighted by molar-refractivity contribution is 0.481. The third kappa shape index (κ3) is 4.20. The van der Waals surface area contributed by atoms with Crippen molar-refractivity contribution in [2.24, 2.45) is 5.92 Å². The molecule has 2 rings (SSSR count). The first-order chi connectivity index (χ1) is 10.0. The first-order valence-electron chi connectivity index (χ1n) is 7.90. The highest BCUT2D eigenvalue weighted by molar-refractivity contribution is 7.89. The minimum atomic E-state index is -3.43. The molecule has 0 spiro atoms. The van der Waals surface area contributed by atoms with E-state index in [1.165, 1.54) is 25.7 Å². The fourth-order valence-corrected chi connectivity index (χ4v) is 4.26. The van der Waals surface area contributed by atoms with E-state index >= 15 is 0 Å². The van der Waals surface area contributed by atoms with E-state index in [1.807, 2.05) is 19.1 Å². The molecule has 21 heavy (non-hydrogen) atoms. The normalized spacial score (nSPS) is 17.8. The van der Waals surface area contributed by atoms with Crippen LogP contribution in [0.5, 0.6) is 0 Å². The van der Waals surface area contributed by atoms with Crippen LogP contribution in [-0.4, -0.2) is 21.0 Å². The molecule has 1 fully saturated rings. The van der Waals surface area contributed by atoms with Crippen molar-refractivity contribution in [1.82, 2.24) is 4.72 Å². The Morgan fingerprint density at radius 2 is 1.90 bits per heavy atom. The van der Waals surface area contributed by atoms with E-state index in [2.05, 4.69) is 17.0 Å². The van der Waals surface area contributed by atoms with Gasteiger partial charge in [0.05, 0.1) is 5.69 Å². The minimum absolute atomic E-state index is 0.301. The summed E-state index contributed by atoms with van der Waals surface area (Å²) in [7, 11) is -3.43. The Hall–Kier alpha value is -1.07. The summed E-state index contributed by atoms with van der Waals surface area (Å²) in [4.78, 5) is 0.350. The molecule has 2 N–H and O–H groups in total. The Balaban J connectivity index is 2.16. The molecule has 0 amide bonds. The Bertz CT molecular complexity index is 551. The number of hydrogen-bond acceptors (Lipinski definition) is 3. The fraction of sp³-hybridized carbons (Fsp3) is 0.625. The molecule has 1 saturated carbocycles. The van der Waals surface area contributed by atoms with Crippen LogP contribution in [0, 0.1) is 5.92 Å². The van der Waals surface area contributed by atoms with Gasteiger partial charge in [-0.1, -0.05) is 31.9 Å². The summed E-state index contributed by atoms with van der Waals surface area (Å²) in [6, 6.07) is 7.47. The van der Waals surface area contributed by atoms with Gasteiger partial charge in [0.25, 0.3) is 0 Å². The predicted octanol–water partition coefficient (Wildman–Crippen LogP) is 3.37. The molecule has 0 aliphatic heterocycles. The number of sulfonamides is 1. The van der Waals surface area contributed by atoms with Crippen LogP contribution in [0.3, 0.4) is 0 Å². The number of para-hydroxylation sites is 1. The summed E-state index contributed by atoms with van der Waals surface area (Å²) in [5.41, 5.74) is 0.709. The first kappa shape index (κ1) is 16.3. The molecule has 0 bridgehead atoms. The maximum Gasteiger partial charge on any atom is 0.242 e. The Labute approximate surface area is 128 Å². The molecule has 1 unspecified atom stereocenters. The van der Waals surface area contributed by atoms with E-state index in [4.69, 9.17) is 0 Å². The number of hydrogen-bond donors (Lipinski definition) is 2. The van der Waals surface area contributed by atoms with E-state index in [0.29, 0.717) is 29.1 Å². The minimum Gasteiger partial charge on any atom is -0.381 e. The highest BCUT2D eigenvalue weighted by atomic mass is 32.2. The van der Waals surface area contributed by atoms with Crippen LogP contribution < -0.4 is 10.0 Å². The van der Waals surface area contributed by atoms with Crippen LogP contribution in [0.1, 0.15) is 46.0 Å². The summed E-state index contributed by atoms with van der Waals surface area (Å²) >= 11 is 0. The molecule has 4 nitrogen and oxygen atoms in total. The summed E-state index contributed by atoms with van der Waals surface area (Å²) in [6.07, 6.45) is 5.82. The average Bonchev–Trinajstić information content (AvgIpc) is 3.00. The average molecular weight is 310 g/mol. The van der Waals surface area contributed by atoms with Crippen LogP contribution in [0.2, 0.25) is 0 Å². The molecule has 0 radical (unpaired) electrons. The van der Waals surface area contributed by atoms with E-state index in [-0.39, 0.29) is 0 Å². The van der Waals surface area contributed by atoms with Crippen molar-refractivity contribution < 1.29 is 8.42 Å². The highest BCUT2D eigenvalue weighted by Crippen LogP contribution is 2.30. The van der Waals surface area contributed by atoms with E-state index in [1.54, 1.807) is 12.1 Å². The Kier molecular flexibility index (Phi) is 5.65. The molecule has 0 heterocycles. The lowest BCUT2D eigenvalue weighted by Gasteiger charge is -2.23. The number of benzene rings is 1. The van der Waals surface area contributed by atoms with Gasteiger partial charge in [0.1, 0.15) is 4.90 Å². The maximum atomic E-state index is 12.4. The van der Waals surface area contributed by atoms with E-state index < -0.39 is 10.0 Å². The molecule has 1 atom stereocenters. The third-order valence-corrected chi connectivity index (χ3v) is 5.73. The van der Waals surface area contributed by atoms with Crippen molar-refractivity contribution in [3.8, 4) is 0 Å². The fourth-order valence-electron chi connectivity index (χ4n) is 2.95. The maximum absolute atomic E-state index is 12.4. The Morgan fingerprint density at radius 3 is 2.57 bits per heavy atom. The second kappa shape index (κ2) is 7.27. The summed E-state index contributed by atoms with van der Waals surface area (Å²) in [6.45, 7) is 4.57. The molecular weight excluding hydrogens is 284 g/mol. The molecule has 1 aromatic rings. The quantitative estimate of drug-likeness (QED) is 0.812. The van der Waals surface area contributed by atoms with Gasteiger partial charge in [-0.15, -0.1) is 0 Å². The van der Waals surface area contributed by atoms with Crippen LogP contribution >= 0.6 is 0 Å². The van der Waals surface area contributed by atoms with Gasteiger partial charge in [-0.25, -0.2) is 13.1 Å².